The van der Waals surface area contributed by atoms with Crippen molar-refractivity contribution in [1.29, 1.82) is 0 Å². The number of benzene rings is 2. The minimum absolute atomic E-state index is 0.139. The molecular weight excluding hydrogens is 413 g/mol. The minimum atomic E-state index is -0.293. The maximum absolute atomic E-state index is 13.7. The van der Waals surface area contributed by atoms with Gasteiger partial charge in [-0.25, -0.2) is 9.37 Å². The van der Waals surface area contributed by atoms with E-state index >= 15 is 0 Å². The first-order chi connectivity index (χ1) is 14.9. The summed E-state index contributed by atoms with van der Waals surface area (Å²) in [6, 6.07) is 13.9. The second-order valence-electron chi connectivity index (χ2n) is 7.38. The summed E-state index contributed by atoms with van der Waals surface area (Å²) in [6.07, 6.45) is 3.84. The average molecular weight is 436 g/mol. The van der Waals surface area contributed by atoms with Gasteiger partial charge in [-0.1, -0.05) is 24.3 Å². The van der Waals surface area contributed by atoms with E-state index in [-0.39, 0.29) is 23.7 Å². The molecule has 5 nitrogen and oxygen atoms in total. The van der Waals surface area contributed by atoms with E-state index in [0.29, 0.717) is 23.8 Å². The lowest BCUT2D eigenvalue weighted by atomic mass is 9.93. The van der Waals surface area contributed by atoms with E-state index < -0.39 is 0 Å². The van der Waals surface area contributed by atoms with Crippen molar-refractivity contribution in [3.05, 3.63) is 82.6 Å². The Balaban J connectivity index is 1.50. The molecule has 1 aliphatic rings. The predicted molar refractivity (Wildman–Crippen MR) is 121 cm³/mol. The van der Waals surface area contributed by atoms with Crippen LogP contribution in [-0.2, 0) is 16.0 Å². The van der Waals surface area contributed by atoms with Crippen molar-refractivity contribution in [1.82, 2.24) is 9.88 Å². The molecule has 1 aromatic heterocycles. The van der Waals surface area contributed by atoms with Crippen molar-refractivity contribution in [2.45, 2.75) is 26.3 Å². The maximum atomic E-state index is 13.7. The summed E-state index contributed by atoms with van der Waals surface area (Å²) in [6.45, 7) is 3.98. The van der Waals surface area contributed by atoms with Crippen LogP contribution in [0.2, 0.25) is 0 Å². The number of nitrogens with zero attached hydrogens (tertiary/aromatic N) is 3. The Morgan fingerprint density at radius 2 is 2.00 bits per heavy atom. The summed E-state index contributed by atoms with van der Waals surface area (Å²) in [5.41, 5.74) is 3.27. The molecule has 1 atom stereocenters. The third-order valence-electron chi connectivity index (χ3n) is 5.36. The van der Waals surface area contributed by atoms with Crippen molar-refractivity contribution in [3.63, 3.8) is 0 Å². The summed E-state index contributed by atoms with van der Waals surface area (Å²) in [7, 11) is 0. The third-order valence-corrected chi connectivity index (χ3v) is 6.20. The van der Waals surface area contributed by atoms with E-state index in [4.69, 9.17) is 0 Å². The Hall–Kier alpha value is -3.32. The van der Waals surface area contributed by atoms with Gasteiger partial charge in [0.15, 0.2) is 5.13 Å². The molecule has 4 rings (SSSR count). The monoisotopic (exact) mass is 435 g/mol. The van der Waals surface area contributed by atoms with Crippen LogP contribution in [0, 0.1) is 5.82 Å². The zero-order valence-corrected chi connectivity index (χ0v) is 18.1. The van der Waals surface area contributed by atoms with Crippen LogP contribution in [0.4, 0.5) is 15.2 Å². The number of rotatable bonds is 4. The lowest BCUT2D eigenvalue weighted by Gasteiger charge is -2.34. The number of amides is 2. The summed E-state index contributed by atoms with van der Waals surface area (Å²) >= 11 is 1.34. The summed E-state index contributed by atoms with van der Waals surface area (Å²) in [5, 5.41) is 2.35. The number of para-hydroxylation sites is 1. The first kappa shape index (κ1) is 20.9. The number of halogens is 1. The van der Waals surface area contributed by atoms with Crippen LogP contribution in [0.1, 0.15) is 36.7 Å². The van der Waals surface area contributed by atoms with Gasteiger partial charge in [-0.2, -0.15) is 0 Å². The highest BCUT2D eigenvalue weighted by Crippen LogP contribution is 2.31. The molecule has 1 aliphatic heterocycles. The average Bonchev–Trinajstić information content (AvgIpc) is 3.21. The number of fused-ring (bicyclic) bond motifs is 1. The fourth-order valence-corrected chi connectivity index (χ4v) is 4.65. The highest BCUT2D eigenvalue weighted by molar-refractivity contribution is 7.14. The molecule has 0 bridgehead atoms. The normalized spacial score (nSPS) is 15.7. The third kappa shape index (κ3) is 4.41. The molecular formula is C24H22FN3O2S. The Kier molecular flexibility index (Phi) is 5.95. The Labute approximate surface area is 184 Å². The highest BCUT2D eigenvalue weighted by atomic mass is 32.1. The first-order valence-corrected chi connectivity index (χ1v) is 10.9. The van der Waals surface area contributed by atoms with Crippen LogP contribution < -0.4 is 4.90 Å². The van der Waals surface area contributed by atoms with Crippen LogP contribution in [0.25, 0.3) is 6.08 Å². The summed E-state index contributed by atoms with van der Waals surface area (Å²) < 4.78 is 13.7. The van der Waals surface area contributed by atoms with Crippen LogP contribution in [0.5, 0.6) is 0 Å². The zero-order valence-electron chi connectivity index (χ0n) is 17.3. The van der Waals surface area contributed by atoms with E-state index in [1.165, 1.54) is 36.5 Å². The van der Waals surface area contributed by atoms with E-state index in [1.54, 1.807) is 21.9 Å². The quantitative estimate of drug-likeness (QED) is 0.534. The molecule has 0 aliphatic carbocycles. The highest BCUT2D eigenvalue weighted by Gasteiger charge is 2.26. The number of aromatic nitrogens is 1. The van der Waals surface area contributed by atoms with Crippen molar-refractivity contribution < 1.29 is 14.0 Å². The fourth-order valence-electron chi connectivity index (χ4n) is 3.80. The molecule has 31 heavy (non-hydrogen) atoms. The summed E-state index contributed by atoms with van der Waals surface area (Å²) in [5.74, 6) is -0.581. The predicted octanol–water partition coefficient (Wildman–Crippen LogP) is 5.13. The molecule has 1 unspecified atom stereocenters. The van der Waals surface area contributed by atoms with Gasteiger partial charge >= 0.3 is 0 Å². The second kappa shape index (κ2) is 8.81. The van der Waals surface area contributed by atoms with E-state index in [2.05, 4.69) is 4.98 Å². The van der Waals surface area contributed by atoms with Gasteiger partial charge in [0.25, 0.3) is 0 Å². The molecule has 0 saturated carbocycles. The molecule has 0 N–H and O–H groups in total. The van der Waals surface area contributed by atoms with Gasteiger partial charge in [0.2, 0.25) is 11.8 Å². The molecule has 2 aromatic carbocycles. The number of anilines is 2. The van der Waals surface area contributed by atoms with Crippen LogP contribution in [0.15, 0.2) is 60.0 Å². The van der Waals surface area contributed by atoms with Gasteiger partial charge in [-0.15, -0.1) is 11.3 Å². The number of hydrogen-bond donors (Lipinski definition) is 0. The van der Waals surface area contributed by atoms with Gasteiger partial charge in [-0.3, -0.25) is 14.5 Å². The molecule has 0 spiro atoms. The topological polar surface area (TPSA) is 53.5 Å². The molecule has 2 heterocycles. The van der Waals surface area contributed by atoms with Gasteiger partial charge in [0.05, 0.1) is 17.4 Å². The molecule has 3 aromatic rings. The number of carbonyl (C=O) groups is 2. The molecule has 0 saturated heterocycles. The second-order valence-corrected chi connectivity index (χ2v) is 8.22. The Bertz CT molecular complexity index is 1140. The lowest BCUT2D eigenvalue weighted by molar-refractivity contribution is -0.128. The fraction of sp³-hybridized carbons (Fsp3) is 0.208. The SMILES string of the molecule is CC(=O)N(c1ccccc1)c1nc(C=CC(=O)N2CCc3ccc(F)cc3C2C)cs1. The maximum Gasteiger partial charge on any atom is 0.247 e. The van der Waals surface area contributed by atoms with Gasteiger partial charge in [0, 0.05) is 24.9 Å². The lowest BCUT2D eigenvalue weighted by Crippen LogP contribution is -2.37. The van der Waals surface area contributed by atoms with E-state index in [0.717, 1.165) is 16.8 Å². The van der Waals surface area contributed by atoms with Gasteiger partial charge in [0.1, 0.15) is 5.82 Å². The van der Waals surface area contributed by atoms with Crippen molar-refractivity contribution in [2.24, 2.45) is 0 Å². The minimum Gasteiger partial charge on any atom is -0.332 e. The van der Waals surface area contributed by atoms with Crippen molar-refractivity contribution in [2.75, 3.05) is 11.4 Å². The smallest absolute Gasteiger partial charge is 0.247 e. The van der Waals surface area contributed by atoms with E-state index in [9.17, 15) is 14.0 Å². The number of hydrogen-bond acceptors (Lipinski definition) is 4. The molecule has 7 heteroatoms. The largest absolute Gasteiger partial charge is 0.332 e. The molecule has 0 fully saturated rings. The van der Waals surface area contributed by atoms with E-state index in [1.807, 2.05) is 42.6 Å². The van der Waals surface area contributed by atoms with Crippen molar-refractivity contribution >= 4 is 40.0 Å². The van der Waals surface area contributed by atoms with Gasteiger partial charge < -0.3 is 4.90 Å². The van der Waals surface area contributed by atoms with Crippen LogP contribution >= 0.6 is 11.3 Å². The van der Waals surface area contributed by atoms with Crippen LogP contribution in [-0.4, -0.2) is 28.2 Å². The van der Waals surface area contributed by atoms with Crippen molar-refractivity contribution in [3.8, 4) is 0 Å². The number of carbonyl (C=O) groups excluding carboxylic acids is 2. The van der Waals surface area contributed by atoms with Crippen LogP contribution in [0.3, 0.4) is 0 Å². The zero-order chi connectivity index (χ0) is 22.0. The Morgan fingerprint density at radius 3 is 2.74 bits per heavy atom. The first-order valence-electron chi connectivity index (χ1n) is 10.0. The number of thiazole rings is 1. The molecule has 0 radical (unpaired) electrons. The Morgan fingerprint density at radius 1 is 1.23 bits per heavy atom. The standard InChI is InChI=1S/C24H22FN3O2S/c1-16-22-14-19(25)9-8-18(22)12-13-27(16)23(30)11-10-20-15-31-24(26-20)28(17(2)29)21-6-4-3-5-7-21/h3-11,14-16H,12-13H2,1-2H3. The van der Waals surface area contributed by atoms with Gasteiger partial charge in [-0.05, 0) is 54.8 Å². The molecule has 2 amide bonds. The molecule has 158 valence electrons. The summed E-state index contributed by atoms with van der Waals surface area (Å²) in [4.78, 5) is 32.8.